The topological polar surface area (TPSA) is 83.6 Å². The Morgan fingerprint density at radius 3 is 2.80 bits per heavy atom. The van der Waals surface area contributed by atoms with Crippen molar-refractivity contribution in [3.8, 4) is 11.3 Å². The van der Waals surface area contributed by atoms with Crippen molar-refractivity contribution >= 4 is 22.4 Å². The number of aromatic nitrogens is 4. The van der Waals surface area contributed by atoms with Gasteiger partial charge in [0.25, 0.3) is 5.91 Å². The monoisotopic (exact) mass is 359 g/mol. The number of H-pyrrole nitrogens is 1. The van der Waals surface area contributed by atoms with Crippen LogP contribution >= 0.6 is 11.3 Å². The average Bonchev–Trinajstić information content (AvgIpc) is 3.25. The van der Waals surface area contributed by atoms with Crippen LogP contribution in [-0.2, 0) is 6.42 Å². The molecule has 1 aromatic carbocycles. The quantitative estimate of drug-likeness (QED) is 0.623. The minimum atomic E-state index is -0.335. The lowest BCUT2D eigenvalue weighted by molar-refractivity contribution is 0.102. The van der Waals surface area contributed by atoms with Crippen molar-refractivity contribution in [2.24, 2.45) is 0 Å². The molecule has 0 spiro atoms. The van der Waals surface area contributed by atoms with Gasteiger partial charge in [-0.3, -0.25) is 15.2 Å². The third kappa shape index (κ3) is 4.27. The Kier molecular flexibility index (Phi) is 5.49. The van der Waals surface area contributed by atoms with Crippen molar-refractivity contribution in [2.45, 2.75) is 32.6 Å². The maximum atomic E-state index is 13.1. The lowest BCUT2D eigenvalue weighted by Gasteiger charge is -2.03. The highest BCUT2D eigenvalue weighted by Crippen LogP contribution is 2.23. The summed E-state index contributed by atoms with van der Waals surface area (Å²) < 4.78 is 13.1. The number of aryl methyl sites for hydroxylation is 1. The number of hydrogen-bond acceptors (Lipinski definition) is 5. The minimum absolute atomic E-state index is 0.329. The highest BCUT2D eigenvalue weighted by Gasteiger charge is 2.17. The van der Waals surface area contributed by atoms with Crippen LogP contribution in [0.2, 0.25) is 0 Å². The van der Waals surface area contributed by atoms with Crippen molar-refractivity contribution in [3.05, 3.63) is 46.9 Å². The normalized spacial score (nSPS) is 10.8. The predicted molar refractivity (Wildman–Crippen MR) is 95.1 cm³/mol. The first-order valence-electron chi connectivity index (χ1n) is 8.10. The Hall–Kier alpha value is -2.61. The van der Waals surface area contributed by atoms with Gasteiger partial charge in [-0.05, 0) is 30.7 Å². The van der Waals surface area contributed by atoms with Gasteiger partial charge in [0.05, 0.1) is 17.5 Å². The number of hydrogen-bond donors (Lipinski definition) is 2. The van der Waals surface area contributed by atoms with Crippen LogP contribution in [0.3, 0.4) is 0 Å². The summed E-state index contributed by atoms with van der Waals surface area (Å²) in [5.74, 6) is -0.664. The van der Waals surface area contributed by atoms with Crippen LogP contribution in [0.5, 0.6) is 0 Å². The number of nitrogens with zero attached hydrogens (tertiary/aromatic N) is 3. The fraction of sp³-hybridized carbons (Fsp3) is 0.294. The number of unbranched alkanes of at least 4 members (excludes halogenated alkanes) is 2. The van der Waals surface area contributed by atoms with Gasteiger partial charge in [-0.2, -0.15) is 5.10 Å². The summed E-state index contributed by atoms with van der Waals surface area (Å²) in [6, 6.07) is 5.86. The Bertz CT molecular complexity index is 843. The lowest BCUT2D eigenvalue weighted by Crippen LogP contribution is -2.12. The van der Waals surface area contributed by atoms with Gasteiger partial charge in [0.2, 0.25) is 5.13 Å². The zero-order chi connectivity index (χ0) is 17.6. The van der Waals surface area contributed by atoms with Gasteiger partial charge in [0.15, 0.2) is 0 Å². The maximum absolute atomic E-state index is 13.1. The number of aromatic amines is 1. The van der Waals surface area contributed by atoms with E-state index in [0.717, 1.165) is 30.7 Å². The average molecular weight is 359 g/mol. The largest absolute Gasteiger partial charge is 0.296 e. The van der Waals surface area contributed by atoms with E-state index in [1.54, 1.807) is 12.1 Å². The molecule has 0 atom stereocenters. The van der Waals surface area contributed by atoms with Gasteiger partial charge in [-0.25, -0.2) is 4.39 Å². The van der Waals surface area contributed by atoms with Crippen LogP contribution in [0, 0.1) is 5.82 Å². The van der Waals surface area contributed by atoms with Gasteiger partial charge in [-0.1, -0.05) is 31.1 Å². The van der Waals surface area contributed by atoms with Crippen molar-refractivity contribution in [2.75, 3.05) is 5.32 Å². The van der Waals surface area contributed by atoms with Crippen molar-refractivity contribution in [3.63, 3.8) is 0 Å². The Morgan fingerprint density at radius 1 is 1.24 bits per heavy atom. The van der Waals surface area contributed by atoms with E-state index in [-0.39, 0.29) is 11.7 Å². The summed E-state index contributed by atoms with van der Waals surface area (Å²) in [5.41, 5.74) is 1.58. The number of halogens is 1. The molecule has 3 aromatic rings. The lowest BCUT2D eigenvalue weighted by atomic mass is 10.1. The molecule has 1 amide bonds. The number of nitrogens with one attached hydrogen (secondary N) is 2. The molecule has 0 unspecified atom stereocenters. The number of rotatable bonds is 7. The molecule has 0 fully saturated rings. The van der Waals surface area contributed by atoms with E-state index in [1.807, 2.05) is 0 Å². The standard InChI is InChI=1S/C17H18FN5OS/c1-2-3-4-5-14-21-23-17(25-14)20-16(24)13-10-19-22-15(13)11-6-8-12(18)9-7-11/h6-10H,2-5H2,1H3,(H,19,22)(H,20,23,24). The van der Waals surface area contributed by atoms with Crippen molar-refractivity contribution in [1.82, 2.24) is 20.4 Å². The SMILES string of the molecule is CCCCCc1nnc(NC(=O)c2cn[nH]c2-c2ccc(F)cc2)s1. The first-order chi connectivity index (χ1) is 12.2. The zero-order valence-electron chi connectivity index (χ0n) is 13.8. The Morgan fingerprint density at radius 2 is 2.04 bits per heavy atom. The van der Waals surface area contributed by atoms with Crippen LogP contribution in [-0.4, -0.2) is 26.3 Å². The molecule has 0 aliphatic carbocycles. The zero-order valence-corrected chi connectivity index (χ0v) is 14.6. The number of benzene rings is 1. The van der Waals surface area contributed by atoms with Gasteiger partial charge in [0.1, 0.15) is 10.8 Å². The molecule has 2 aromatic heterocycles. The fourth-order valence-electron chi connectivity index (χ4n) is 2.39. The number of amides is 1. The highest BCUT2D eigenvalue weighted by atomic mass is 32.1. The van der Waals surface area contributed by atoms with Crippen LogP contribution in [0.15, 0.2) is 30.5 Å². The molecule has 0 saturated heterocycles. The smallest absolute Gasteiger partial charge is 0.261 e. The summed E-state index contributed by atoms with van der Waals surface area (Å²) in [5, 5.41) is 18.9. The van der Waals surface area contributed by atoms with E-state index in [9.17, 15) is 9.18 Å². The predicted octanol–water partition coefficient (Wildman–Crippen LogP) is 4.05. The molecule has 2 heterocycles. The van der Waals surface area contributed by atoms with E-state index in [0.29, 0.717) is 22.0 Å². The van der Waals surface area contributed by atoms with Crippen LogP contribution in [0.4, 0.5) is 9.52 Å². The molecular weight excluding hydrogens is 341 g/mol. The molecule has 3 rings (SSSR count). The first kappa shape index (κ1) is 17.2. The van der Waals surface area contributed by atoms with Crippen LogP contribution in [0.25, 0.3) is 11.3 Å². The fourth-order valence-corrected chi connectivity index (χ4v) is 3.17. The molecule has 0 aliphatic rings. The summed E-state index contributed by atoms with van der Waals surface area (Å²) in [4.78, 5) is 12.5. The van der Waals surface area contributed by atoms with E-state index >= 15 is 0 Å². The van der Waals surface area contributed by atoms with Crippen LogP contribution < -0.4 is 5.32 Å². The molecule has 25 heavy (non-hydrogen) atoms. The minimum Gasteiger partial charge on any atom is -0.296 e. The summed E-state index contributed by atoms with van der Waals surface area (Å²) in [6.07, 6.45) is 5.67. The highest BCUT2D eigenvalue weighted by molar-refractivity contribution is 7.15. The van der Waals surface area contributed by atoms with E-state index in [1.165, 1.54) is 29.7 Å². The third-order valence-electron chi connectivity index (χ3n) is 3.70. The van der Waals surface area contributed by atoms with E-state index in [2.05, 4.69) is 32.6 Å². The van der Waals surface area contributed by atoms with Crippen molar-refractivity contribution in [1.29, 1.82) is 0 Å². The summed E-state index contributed by atoms with van der Waals surface area (Å²) in [7, 11) is 0. The van der Waals surface area contributed by atoms with Gasteiger partial charge in [-0.15, -0.1) is 10.2 Å². The summed E-state index contributed by atoms with van der Waals surface area (Å²) >= 11 is 1.38. The number of anilines is 1. The molecule has 0 aliphatic heterocycles. The Labute approximate surface area is 148 Å². The molecule has 0 radical (unpaired) electrons. The van der Waals surface area contributed by atoms with Gasteiger partial charge >= 0.3 is 0 Å². The first-order valence-corrected chi connectivity index (χ1v) is 8.92. The maximum Gasteiger partial charge on any atom is 0.261 e. The Balaban J connectivity index is 1.70. The second-order valence-electron chi connectivity index (χ2n) is 5.58. The second kappa shape index (κ2) is 7.98. The molecule has 8 heteroatoms. The van der Waals surface area contributed by atoms with E-state index in [4.69, 9.17) is 0 Å². The molecular formula is C17H18FN5OS. The molecule has 130 valence electrons. The summed E-state index contributed by atoms with van der Waals surface area (Å²) in [6.45, 7) is 2.15. The molecule has 6 nitrogen and oxygen atoms in total. The van der Waals surface area contributed by atoms with Gasteiger partial charge in [0, 0.05) is 12.0 Å². The third-order valence-corrected chi connectivity index (χ3v) is 4.60. The molecule has 0 saturated carbocycles. The molecule has 0 bridgehead atoms. The van der Waals surface area contributed by atoms with Gasteiger partial charge < -0.3 is 0 Å². The number of carbonyl (C=O) groups excluding carboxylic acids is 1. The van der Waals surface area contributed by atoms with Crippen molar-refractivity contribution < 1.29 is 9.18 Å². The number of carbonyl (C=O) groups is 1. The van der Waals surface area contributed by atoms with Crippen LogP contribution in [0.1, 0.15) is 41.6 Å². The van der Waals surface area contributed by atoms with E-state index < -0.39 is 0 Å². The second-order valence-corrected chi connectivity index (χ2v) is 6.64. The molecule has 2 N–H and O–H groups in total.